The molecule has 29 heavy (non-hydrogen) atoms. The van der Waals surface area contributed by atoms with Gasteiger partial charge in [-0.1, -0.05) is 30.3 Å². The summed E-state index contributed by atoms with van der Waals surface area (Å²) in [6.07, 6.45) is 1.75. The predicted molar refractivity (Wildman–Crippen MR) is 110 cm³/mol. The number of nitrogens with zero attached hydrogens (tertiary/aromatic N) is 1. The predicted octanol–water partition coefficient (Wildman–Crippen LogP) is 4.56. The highest BCUT2D eigenvalue weighted by atomic mass is 16.1. The third-order valence-electron chi connectivity index (χ3n) is 5.67. The minimum atomic E-state index is -0.285. The van der Waals surface area contributed by atoms with Gasteiger partial charge in [0.05, 0.1) is 5.56 Å². The Labute approximate surface area is 167 Å². The van der Waals surface area contributed by atoms with Gasteiger partial charge in [-0.3, -0.25) is 14.4 Å². The van der Waals surface area contributed by atoms with Gasteiger partial charge in [0.1, 0.15) is 5.69 Å². The molecule has 0 amide bonds. The zero-order valence-corrected chi connectivity index (χ0v) is 16.0. The average molecular weight is 379 g/mol. The first-order valence-corrected chi connectivity index (χ1v) is 9.42. The van der Waals surface area contributed by atoms with Gasteiger partial charge < -0.3 is 4.40 Å². The minimum Gasteiger partial charge on any atom is -0.313 e. The normalized spacial score (nSPS) is 12.8. The van der Waals surface area contributed by atoms with Crippen molar-refractivity contribution in [3.05, 3.63) is 111 Å². The summed E-state index contributed by atoms with van der Waals surface area (Å²) in [4.78, 5) is 40.3. The summed E-state index contributed by atoms with van der Waals surface area (Å²) in [6, 6.07) is 17.7. The molecule has 4 heteroatoms. The zero-order valence-electron chi connectivity index (χ0n) is 16.0. The van der Waals surface area contributed by atoms with Crippen LogP contribution in [0, 0.1) is 13.8 Å². The van der Waals surface area contributed by atoms with Crippen molar-refractivity contribution in [2.45, 2.75) is 13.8 Å². The smallest absolute Gasteiger partial charge is 0.210 e. The Kier molecular flexibility index (Phi) is 3.65. The summed E-state index contributed by atoms with van der Waals surface area (Å²) >= 11 is 0. The van der Waals surface area contributed by atoms with Crippen molar-refractivity contribution in [2.24, 2.45) is 0 Å². The highest BCUT2D eigenvalue weighted by Crippen LogP contribution is 2.33. The van der Waals surface area contributed by atoms with Gasteiger partial charge in [-0.15, -0.1) is 0 Å². The largest absolute Gasteiger partial charge is 0.313 e. The van der Waals surface area contributed by atoms with Gasteiger partial charge in [0.25, 0.3) is 0 Å². The number of hydrogen-bond acceptors (Lipinski definition) is 3. The Bertz CT molecular complexity index is 1360. The van der Waals surface area contributed by atoms with Crippen LogP contribution >= 0.6 is 0 Å². The number of rotatable bonds is 2. The van der Waals surface area contributed by atoms with Gasteiger partial charge >= 0.3 is 0 Å². The maximum absolute atomic E-state index is 13.5. The molecule has 4 nitrogen and oxygen atoms in total. The molecule has 0 saturated heterocycles. The Morgan fingerprint density at radius 3 is 2.10 bits per heavy atom. The lowest BCUT2D eigenvalue weighted by Gasteiger charge is -2.22. The second kappa shape index (κ2) is 6.11. The first kappa shape index (κ1) is 17.3. The Hall–Kier alpha value is -3.79. The van der Waals surface area contributed by atoms with Gasteiger partial charge in [-0.25, -0.2) is 0 Å². The summed E-state index contributed by atoms with van der Waals surface area (Å²) in [6.45, 7) is 3.83. The Balaban J connectivity index is 1.86. The van der Waals surface area contributed by atoms with E-state index in [0.29, 0.717) is 22.2 Å². The summed E-state index contributed by atoms with van der Waals surface area (Å²) in [5, 5.41) is 0. The van der Waals surface area contributed by atoms with Crippen LogP contribution in [0.4, 0.5) is 0 Å². The van der Waals surface area contributed by atoms with Crippen LogP contribution in [0.2, 0.25) is 0 Å². The van der Waals surface area contributed by atoms with Crippen LogP contribution < -0.4 is 0 Å². The molecule has 2 aromatic heterocycles. The van der Waals surface area contributed by atoms with Crippen LogP contribution in [-0.2, 0) is 0 Å². The lowest BCUT2D eigenvalue weighted by Crippen LogP contribution is -2.26. The Morgan fingerprint density at radius 2 is 1.41 bits per heavy atom. The first-order valence-electron chi connectivity index (χ1n) is 9.42. The van der Waals surface area contributed by atoms with Crippen LogP contribution in [0.1, 0.15) is 59.0 Å². The second-order valence-electron chi connectivity index (χ2n) is 7.42. The van der Waals surface area contributed by atoms with E-state index in [1.54, 1.807) is 59.1 Å². The van der Waals surface area contributed by atoms with E-state index in [2.05, 4.69) is 0 Å². The molecule has 0 bridgehead atoms. The monoisotopic (exact) mass is 379 g/mol. The van der Waals surface area contributed by atoms with Crippen molar-refractivity contribution >= 4 is 22.9 Å². The number of pyridine rings is 1. The van der Waals surface area contributed by atoms with Crippen LogP contribution in [0.5, 0.6) is 0 Å². The maximum atomic E-state index is 13.5. The van der Waals surface area contributed by atoms with Gasteiger partial charge in [0.2, 0.25) is 5.78 Å². The molecule has 1 aliphatic rings. The van der Waals surface area contributed by atoms with Crippen LogP contribution in [0.15, 0.2) is 66.9 Å². The minimum absolute atomic E-state index is 0.184. The number of fused-ring (bicyclic) bond motifs is 3. The number of carbonyl (C=O) groups is 3. The highest BCUT2D eigenvalue weighted by Gasteiger charge is 2.35. The zero-order chi connectivity index (χ0) is 20.3. The lowest BCUT2D eigenvalue weighted by atomic mass is 9.80. The van der Waals surface area contributed by atoms with Crippen molar-refractivity contribution in [3.8, 4) is 0 Å². The molecule has 0 unspecified atom stereocenters. The number of carbonyl (C=O) groups excluding carboxylic acids is 3. The molecule has 0 atom stereocenters. The molecule has 0 N–H and O–H groups in total. The molecule has 0 saturated carbocycles. The van der Waals surface area contributed by atoms with Gasteiger partial charge in [0, 0.05) is 34.0 Å². The fourth-order valence-corrected chi connectivity index (χ4v) is 4.01. The van der Waals surface area contributed by atoms with Crippen LogP contribution in [0.25, 0.3) is 5.52 Å². The average Bonchev–Trinajstić information content (AvgIpc) is 3.20. The van der Waals surface area contributed by atoms with E-state index in [9.17, 15) is 14.4 Å². The molecule has 2 aromatic carbocycles. The number of aromatic nitrogens is 1. The Morgan fingerprint density at radius 1 is 0.759 bits per heavy atom. The summed E-state index contributed by atoms with van der Waals surface area (Å²) < 4.78 is 1.70. The number of ketones is 3. The number of aryl methyl sites for hydroxylation is 2. The van der Waals surface area contributed by atoms with Crippen LogP contribution in [0.3, 0.4) is 0 Å². The maximum Gasteiger partial charge on any atom is 0.210 e. The van der Waals surface area contributed by atoms with E-state index in [0.717, 1.165) is 11.1 Å². The number of benzene rings is 2. The van der Waals surface area contributed by atoms with E-state index < -0.39 is 0 Å². The summed E-state index contributed by atoms with van der Waals surface area (Å²) in [7, 11) is 0. The lowest BCUT2D eigenvalue weighted by molar-refractivity contribution is 0.0969. The van der Waals surface area contributed by atoms with Crippen molar-refractivity contribution in [2.75, 3.05) is 0 Å². The van der Waals surface area contributed by atoms with E-state index in [1.807, 2.05) is 26.0 Å². The third kappa shape index (κ3) is 2.42. The van der Waals surface area contributed by atoms with E-state index in [4.69, 9.17) is 0 Å². The van der Waals surface area contributed by atoms with Crippen molar-refractivity contribution in [1.29, 1.82) is 0 Å². The molecular formula is C25H17NO3. The molecule has 5 rings (SSSR count). The molecule has 0 spiro atoms. The van der Waals surface area contributed by atoms with E-state index >= 15 is 0 Å². The number of hydrogen-bond donors (Lipinski definition) is 0. The van der Waals surface area contributed by atoms with Crippen LogP contribution in [-0.4, -0.2) is 21.8 Å². The fourth-order valence-electron chi connectivity index (χ4n) is 4.01. The van der Waals surface area contributed by atoms with Crippen molar-refractivity contribution in [3.63, 3.8) is 0 Å². The molecule has 0 aliphatic heterocycles. The molecule has 0 radical (unpaired) electrons. The molecule has 1 aliphatic carbocycles. The van der Waals surface area contributed by atoms with Gasteiger partial charge in [-0.05, 0) is 55.3 Å². The second-order valence-corrected chi connectivity index (χ2v) is 7.42. The van der Waals surface area contributed by atoms with Gasteiger partial charge in [-0.2, -0.15) is 0 Å². The summed E-state index contributed by atoms with van der Waals surface area (Å²) in [5.74, 6) is -0.784. The van der Waals surface area contributed by atoms with E-state index in [1.165, 1.54) is 0 Å². The fraction of sp³-hybridized carbons (Fsp3) is 0.0800. The molecule has 140 valence electrons. The van der Waals surface area contributed by atoms with E-state index in [-0.39, 0.29) is 34.2 Å². The van der Waals surface area contributed by atoms with Crippen molar-refractivity contribution in [1.82, 2.24) is 4.40 Å². The third-order valence-corrected chi connectivity index (χ3v) is 5.67. The molecule has 0 fully saturated rings. The molecule has 4 aromatic rings. The quantitative estimate of drug-likeness (QED) is 0.423. The standard InChI is InChI=1S/C25H17NO3/c1-14-11-18-19(12-15(14)2)25(29)21-20(24(18)28)13-17-9-6-10-26(17)22(21)23(27)16-7-4-3-5-8-16/h3-13H,1-2H3. The molecule has 2 heterocycles. The van der Waals surface area contributed by atoms with Gasteiger partial charge in [0.15, 0.2) is 11.6 Å². The topological polar surface area (TPSA) is 55.6 Å². The highest BCUT2D eigenvalue weighted by molar-refractivity contribution is 6.32. The first-order chi connectivity index (χ1) is 14.0. The van der Waals surface area contributed by atoms with Crippen molar-refractivity contribution < 1.29 is 14.4 Å². The summed E-state index contributed by atoms with van der Waals surface area (Å²) in [5.41, 5.74) is 4.54. The molecular weight excluding hydrogens is 362 g/mol. The SMILES string of the molecule is Cc1cc2c(cc1C)C(=O)c1c(cc3cccn3c1C(=O)c1ccccc1)C2=O.